The van der Waals surface area contributed by atoms with E-state index in [0.717, 1.165) is 0 Å². The van der Waals surface area contributed by atoms with Crippen LogP contribution in [-0.2, 0) is 23.7 Å². The summed E-state index contributed by atoms with van der Waals surface area (Å²) >= 11 is 0. The summed E-state index contributed by atoms with van der Waals surface area (Å²) in [6.45, 7) is 6.70. The lowest BCUT2D eigenvalue weighted by molar-refractivity contribution is -0.119. The molecular formula is C11H16O6. The molecule has 1 heterocycles. The van der Waals surface area contributed by atoms with E-state index in [2.05, 4.69) is 0 Å². The first-order valence-corrected chi connectivity index (χ1v) is 5.35. The third-order valence-corrected chi connectivity index (χ3v) is 1.63. The summed E-state index contributed by atoms with van der Waals surface area (Å²) in [5, 5.41) is 0. The van der Waals surface area contributed by atoms with Gasteiger partial charge in [0.15, 0.2) is 6.61 Å². The Kier molecular flexibility index (Phi) is 4.37. The molecule has 0 radical (unpaired) electrons. The van der Waals surface area contributed by atoms with E-state index >= 15 is 0 Å². The molecule has 1 rings (SSSR count). The minimum absolute atomic E-state index is 0.0642. The minimum Gasteiger partial charge on any atom is -0.460 e. The quantitative estimate of drug-likeness (QED) is 0.701. The van der Waals surface area contributed by atoms with Gasteiger partial charge in [0.25, 0.3) is 5.76 Å². The fourth-order valence-corrected chi connectivity index (χ4v) is 1.08. The molecule has 6 heteroatoms. The molecule has 0 bridgehead atoms. The van der Waals surface area contributed by atoms with E-state index < -0.39 is 11.9 Å². The molecule has 0 aliphatic carbocycles. The first-order valence-electron chi connectivity index (χ1n) is 5.35. The summed E-state index contributed by atoms with van der Waals surface area (Å²) < 4.78 is 19.7. The van der Waals surface area contributed by atoms with Crippen LogP contribution >= 0.6 is 0 Å². The standard InChI is InChI=1S/C11H16O6/c1-6(2)15-10-9(8(12)5-14-10)17-11(13)16-7(3)4/h6-7H,5H2,1-4H3. The lowest BCUT2D eigenvalue weighted by Crippen LogP contribution is -2.16. The van der Waals surface area contributed by atoms with Gasteiger partial charge >= 0.3 is 12.1 Å². The Morgan fingerprint density at radius 2 is 1.88 bits per heavy atom. The molecule has 6 nitrogen and oxygen atoms in total. The van der Waals surface area contributed by atoms with Gasteiger partial charge < -0.3 is 18.9 Å². The van der Waals surface area contributed by atoms with Gasteiger partial charge in [0, 0.05) is 0 Å². The van der Waals surface area contributed by atoms with Crippen molar-refractivity contribution in [2.24, 2.45) is 0 Å². The second-order valence-corrected chi connectivity index (χ2v) is 4.01. The number of ether oxygens (including phenoxy) is 4. The first-order chi connectivity index (χ1) is 7.90. The zero-order valence-electron chi connectivity index (χ0n) is 10.3. The third kappa shape index (κ3) is 3.97. The van der Waals surface area contributed by atoms with Gasteiger partial charge in [0.2, 0.25) is 5.78 Å². The molecule has 0 amide bonds. The van der Waals surface area contributed by atoms with E-state index in [9.17, 15) is 9.59 Å². The summed E-state index contributed by atoms with van der Waals surface area (Å²) in [5.74, 6) is -0.739. The van der Waals surface area contributed by atoms with E-state index in [0.29, 0.717) is 0 Å². The van der Waals surface area contributed by atoms with Crippen LogP contribution in [0.3, 0.4) is 0 Å². The molecule has 0 aromatic carbocycles. The van der Waals surface area contributed by atoms with Crippen molar-refractivity contribution in [3.05, 3.63) is 11.7 Å². The smallest absolute Gasteiger partial charge is 0.460 e. The van der Waals surface area contributed by atoms with Crippen molar-refractivity contribution in [2.75, 3.05) is 6.61 Å². The Hall–Kier alpha value is -1.72. The maximum Gasteiger partial charge on any atom is 0.514 e. The van der Waals surface area contributed by atoms with Crippen LogP contribution in [0.5, 0.6) is 0 Å². The van der Waals surface area contributed by atoms with Crippen LogP contribution in [0.4, 0.5) is 4.79 Å². The van der Waals surface area contributed by atoms with Crippen LogP contribution in [-0.4, -0.2) is 30.8 Å². The monoisotopic (exact) mass is 244 g/mol. The Morgan fingerprint density at radius 3 is 2.41 bits per heavy atom. The molecule has 1 aliphatic rings. The first kappa shape index (κ1) is 13.3. The lowest BCUT2D eigenvalue weighted by atomic mass is 10.4. The molecule has 0 aromatic heterocycles. The van der Waals surface area contributed by atoms with Crippen molar-refractivity contribution in [1.82, 2.24) is 0 Å². The molecule has 0 spiro atoms. The minimum atomic E-state index is -0.946. The highest BCUT2D eigenvalue weighted by Gasteiger charge is 2.32. The van der Waals surface area contributed by atoms with Gasteiger partial charge in [-0.3, -0.25) is 4.79 Å². The van der Waals surface area contributed by atoms with E-state index in [1.807, 2.05) is 0 Å². The van der Waals surface area contributed by atoms with Gasteiger partial charge in [-0.2, -0.15) is 0 Å². The fraction of sp³-hybridized carbons (Fsp3) is 0.636. The third-order valence-electron chi connectivity index (χ3n) is 1.63. The number of hydrogen-bond acceptors (Lipinski definition) is 6. The van der Waals surface area contributed by atoms with Crippen molar-refractivity contribution in [2.45, 2.75) is 39.9 Å². The maximum atomic E-state index is 11.4. The van der Waals surface area contributed by atoms with Gasteiger partial charge in [-0.05, 0) is 27.7 Å². The summed E-state index contributed by atoms with van der Waals surface area (Å²) in [6, 6.07) is 0. The van der Waals surface area contributed by atoms with Crippen LogP contribution in [0.25, 0.3) is 0 Å². The zero-order chi connectivity index (χ0) is 13.0. The summed E-state index contributed by atoms with van der Waals surface area (Å²) in [5.41, 5.74) is 0. The maximum absolute atomic E-state index is 11.4. The van der Waals surface area contributed by atoms with Crippen LogP contribution < -0.4 is 0 Å². The van der Waals surface area contributed by atoms with Gasteiger partial charge in [-0.1, -0.05) is 0 Å². The molecule has 0 atom stereocenters. The topological polar surface area (TPSA) is 71.1 Å². The highest BCUT2D eigenvalue weighted by atomic mass is 16.7. The number of hydrogen-bond donors (Lipinski definition) is 0. The molecule has 0 aromatic rings. The number of carbonyl (C=O) groups excluding carboxylic acids is 2. The summed E-state index contributed by atoms with van der Waals surface area (Å²) in [7, 11) is 0. The second-order valence-electron chi connectivity index (χ2n) is 4.01. The van der Waals surface area contributed by atoms with Crippen LogP contribution in [0.2, 0.25) is 0 Å². The predicted molar refractivity (Wildman–Crippen MR) is 56.9 cm³/mol. The normalized spacial score (nSPS) is 15.3. The van der Waals surface area contributed by atoms with Crippen molar-refractivity contribution < 1.29 is 28.5 Å². The van der Waals surface area contributed by atoms with Crippen molar-refractivity contribution in [3.8, 4) is 0 Å². The van der Waals surface area contributed by atoms with Crippen LogP contribution in [0.1, 0.15) is 27.7 Å². The Balaban J connectivity index is 2.70. The molecule has 0 fully saturated rings. The fourth-order valence-electron chi connectivity index (χ4n) is 1.08. The van der Waals surface area contributed by atoms with Gasteiger partial charge in [0.1, 0.15) is 0 Å². The second kappa shape index (κ2) is 5.56. The van der Waals surface area contributed by atoms with E-state index in [1.165, 1.54) is 0 Å². The predicted octanol–water partition coefficient (Wildman–Crippen LogP) is 1.74. The number of ketones is 1. The Bertz CT molecular complexity index is 342. The van der Waals surface area contributed by atoms with Crippen molar-refractivity contribution >= 4 is 11.9 Å². The number of Topliss-reactive ketones (excluding diaryl/α,β-unsaturated/α-hetero) is 1. The zero-order valence-corrected chi connectivity index (χ0v) is 10.3. The van der Waals surface area contributed by atoms with E-state index in [4.69, 9.17) is 18.9 Å². The van der Waals surface area contributed by atoms with E-state index in [1.54, 1.807) is 27.7 Å². The molecule has 17 heavy (non-hydrogen) atoms. The highest BCUT2D eigenvalue weighted by Crippen LogP contribution is 2.20. The van der Waals surface area contributed by atoms with Crippen molar-refractivity contribution in [3.63, 3.8) is 0 Å². The average molecular weight is 244 g/mol. The highest BCUT2D eigenvalue weighted by molar-refractivity contribution is 5.98. The van der Waals surface area contributed by atoms with Gasteiger partial charge in [0.05, 0.1) is 12.2 Å². The molecule has 0 saturated heterocycles. The molecule has 0 unspecified atom stereocenters. The lowest BCUT2D eigenvalue weighted by Gasteiger charge is -2.11. The molecule has 96 valence electrons. The molecule has 1 aliphatic heterocycles. The molecule has 0 saturated carbocycles. The van der Waals surface area contributed by atoms with Gasteiger partial charge in [-0.25, -0.2) is 4.79 Å². The number of rotatable bonds is 4. The molecule has 0 N–H and O–H groups in total. The largest absolute Gasteiger partial charge is 0.514 e. The van der Waals surface area contributed by atoms with Crippen LogP contribution in [0.15, 0.2) is 11.7 Å². The van der Waals surface area contributed by atoms with Crippen LogP contribution in [0, 0.1) is 0 Å². The van der Waals surface area contributed by atoms with Gasteiger partial charge in [-0.15, -0.1) is 0 Å². The van der Waals surface area contributed by atoms with E-state index in [-0.39, 0.29) is 30.5 Å². The molecular weight excluding hydrogens is 228 g/mol. The average Bonchev–Trinajstić information content (AvgIpc) is 2.47. The number of carbonyl (C=O) groups is 2. The summed E-state index contributed by atoms with van der Waals surface area (Å²) in [4.78, 5) is 22.6. The Morgan fingerprint density at radius 1 is 1.24 bits per heavy atom. The van der Waals surface area contributed by atoms with Crippen molar-refractivity contribution in [1.29, 1.82) is 0 Å². The Labute approximate surface area is 99.5 Å². The summed E-state index contributed by atoms with van der Waals surface area (Å²) in [6.07, 6.45) is -1.45. The SMILES string of the molecule is CC(C)OC(=O)OC1=C(OC(C)C)OCC1=O.